The van der Waals surface area contributed by atoms with Crippen molar-refractivity contribution in [1.29, 1.82) is 0 Å². The summed E-state index contributed by atoms with van der Waals surface area (Å²) in [5, 5.41) is 15.9. The fourth-order valence-corrected chi connectivity index (χ4v) is 8.14. The molecule has 4 aliphatic heterocycles. The molecule has 2 bridgehead atoms. The first-order valence-corrected chi connectivity index (χ1v) is 15.5. The number of piperazine rings is 1. The molecule has 2 N–H and O–H groups in total. The van der Waals surface area contributed by atoms with Crippen LogP contribution in [-0.2, 0) is 4.74 Å². The smallest absolute Gasteiger partial charge is 0.319 e. The second-order valence-corrected chi connectivity index (χ2v) is 12.7. The highest BCUT2D eigenvalue weighted by atomic mass is 19.1. The number of methoxy groups -OCH3 is 1. The number of aromatic nitrogens is 3. The van der Waals surface area contributed by atoms with Crippen LogP contribution in [0.3, 0.4) is 0 Å². The molecule has 4 aromatic rings. The summed E-state index contributed by atoms with van der Waals surface area (Å²) in [6.07, 6.45) is 8.28. The van der Waals surface area contributed by atoms with Gasteiger partial charge in [-0.1, -0.05) is 24.3 Å². The van der Waals surface area contributed by atoms with E-state index in [0.29, 0.717) is 41.5 Å². The van der Waals surface area contributed by atoms with Crippen molar-refractivity contribution >= 4 is 27.5 Å². The average molecular weight is 585 g/mol. The molecule has 9 nitrogen and oxygen atoms in total. The Morgan fingerprint density at radius 1 is 1.07 bits per heavy atom. The van der Waals surface area contributed by atoms with Crippen molar-refractivity contribution in [3.63, 3.8) is 0 Å². The maximum absolute atomic E-state index is 16.6. The van der Waals surface area contributed by atoms with Gasteiger partial charge in [-0.2, -0.15) is 9.97 Å². The number of rotatable bonds is 7. The van der Waals surface area contributed by atoms with Crippen LogP contribution < -0.4 is 15.0 Å². The maximum Gasteiger partial charge on any atom is 0.319 e. The van der Waals surface area contributed by atoms with Gasteiger partial charge in [-0.05, 0) is 68.0 Å². The molecule has 43 heavy (non-hydrogen) atoms. The molecule has 0 saturated carbocycles. The van der Waals surface area contributed by atoms with Crippen molar-refractivity contribution in [3.8, 4) is 23.0 Å². The number of anilines is 1. The summed E-state index contributed by atoms with van der Waals surface area (Å²) in [4.78, 5) is 19.1. The highest BCUT2D eigenvalue weighted by molar-refractivity contribution is 5.99. The summed E-state index contributed by atoms with van der Waals surface area (Å²) in [5.41, 5.74) is 1.02. The molecule has 10 heteroatoms. The Kier molecular flexibility index (Phi) is 6.61. The van der Waals surface area contributed by atoms with Crippen LogP contribution in [0.4, 0.5) is 10.2 Å². The molecule has 6 heterocycles. The normalized spacial score (nSPS) is 26.9. The number of nitrogens with zero attached hydrogens (tertiary/aromatic N) is 5. The van der Waals surface area contributed by atoms with Crippen LogP contribution in [0, 0.1) is 5.82 Å². The zero-order valence-corrected chi connectivity index (χ0v) is 24.4. The molecule has 0 spiro atoms. The minimum absolute atomic E-state index is 0.0632. The first-order chi connectivity index (χ1) is 21.0. The minimum atomic E-state index is -0.494. The van der Waals surface area contributed by atoms with E-state index in [0.717, 1.165) is 75.5 Å². The van der Waals surface area contributed by atoms with Crippen molar-refractivity contribution in [1.82, 2.24) is 25.2 Å². The minimum Gasteiger partial charge on any atom is -0.508 e. The summed E-state index contributed by atoms with van der Waals surface area (Å²) in [5.74, 6) is 0.354. The zero-order valence-electron chi connectivity index (χ0n) is 24.4. The number of phenols is 1. The molecule has 0 aliphatic carbocycles. The predicted molar refractivity (Wildman–Crippen MR) is 163 cm³/mol. The summed E-state index contributed by atoms with van der Waals surface area (Å²) < 4.78 is 28.6. The predicted octanol–water partition coefficient (Wildman–Crippen LogP) is 4.65. The number of phenolic OH excluding ortho intramolecular Hbond substituents is 1. The number of halogens is 1. The lowest BCUT2D eigenvalue weighted by molar-refractivity contribution is 0.0521. The van der Waals surface area contributed by atoms with Crippen LogP contribution in [-0.4, -0.2) is 88.6 Å². The van der Waals surface area contributed by atoms with Gasteiger partial charge >= 0.3 is 6.01 Å². The number of pyridine rings is 1. The fourth-order valence-electron chi connectivity index (χ4n) is 8.14. The van der Waals surface area contributed by atoms with Crippen LogP contribution in [0.25, 0.3) is 32.9 Å². The Morgan fingerprint density at radius 2 is 1.93 bits per heavy atom. The molecule has 2 aromatic heterocycles. The van der Waals surface area contributed by atoms with E-state index in [2.05, 4.69) is 20.1 Å². The van der Waals surface area contributed by atoms with Crippen LogP contribution in [0.1, 0.15) is 38.5 Å². The molecule has 4 fully saturated rings. The Bertz CT molecular complexity index is 1690. The van der Waals surface area contributed by atoms with Gasteiger partial charge in [-0.25, -0.2) is 4.39 Å². The summed E-state index contributed by atoms with van der Waals surface area (Å²) in [6, 6.07) is 12.1. The van der Waals surface area contributed by atoms with Crippen molar-refractivity contribution in [2.75, 3.05) is 44.9 Å². The van der Waals surface area contributed by atoms with E-state index >= 15 is 4.39 Å². The van der Waals surface area contributed by atoms with E-state index in [4.69, 9.17) is 19.4 Å². The van der Waals surface area contributed by atoms with Crippen molar-refractivity contribution in [2.45, 2.75) is 62.2 Å². The van der Waals surface area contributed by atoms with Gasteiger partial charge in [0.15, 0.2) is 5.82 Å². The molecule has 224 valence electrons. The van der Waals surface area contributed by atoms with Crippen LogP contribution >= 0.6 is 0 Å². The van der Waals surface area contributed by atoms with E-state index in [9.17, 15) is 5.11 Å². The van der Waals surface area contributed by atoms with Crippen LogP contribution in [0.2, 0.25) is 0 Å². The SMILES string of the molecule is COC[C@H]1CC[C@@]2(COc3nc(N4CC5CCC(C4)N5)c4cnc(-c5cccc6cc(O)ccc56)c(F)c4n3)CCCN12. The number of hydrogen-bond acceptors (Lipinski definition) is 9. The molecule has 4 saturated heterocycles. The molecule has 8 rings (SSSR count). The lowest BCUT2D eigenvalue weighted by Gasteiger charge is -2.35. The third-order valence-electron chi connectivity index (χ3n) is 10.1. The third kappa shape index (κ3) is 4.58. The van der Waals surface area contributed by atoms with E-state index in [-0.39, 0.29) is 28.5 Å². The first kappa shape index (κ1) is 27.0. The highest BCUT2D eigenvalue weighted by Gasteiger charge is 2.49. The fraction of sp³-hybridized carbons (Fsp3) is 0.485. The molecule has 2 aromatic carbocycles. The van der Waals surface area contributed by atoms with Crippen LogP contribution in [0.15, 0.2) is 42.6 Å². The molecule has 2 unspecified atom stereocenters. The molecular weight excluding hydrogens is 547 g/mol. The van der Waals surface area contributed by atoms with Crippen molar-refractivity contribution in [3.05, 3.63) is 48.4 Å². The van der Waals surface area contributed by atoms with E-state index in [1.165, 1.54) is 0 Å². The Hall–Kier alpha value is -3.60. The standard InChI is InChI=1S/C33H37FN6O3/c1-42-18-23-10-12-33(11-3-13-40(23)33)19-43-32-37-30-27(31(38-32)39-16-21-6-7-22(17-39)36-21)15-35-29(28(30)34)26-5-2-4-20-14-24(41)8-9-25(20)26/h2,4-5,8-9,14-15,21-23,36,41H,3,6-7,10-13,16-19H2,1H3/t21?,22?,23-,33-/m1/s1. The lowest BCUT2D eigenvalue weighted by atomic mass is 9.95. The van der Waals surface area contributed by atoms with Gasteiger partial charge in [0, 0.05) is 50.1 Å². The van der Waals surface area contributed by atoms with Gasteiger partial charge in [-0.15, -0.1) is 0 Å². The second kappa shape index (κ2) is 10.5. The Labute approximate surface area is 250 Å². The van der Waals surface area contributed by atoms with Gasteiger partial charge in [0.05, 0.1) is 17.5 Å². The van der Waals surface area contributed by atoms with Crippen molar-refractivity contribution < 1.29 is 19.0 Å². The molecule has 0 amide bonds. The number of fused-ring (bicyclic) bond motifs is 5. The molecule has 4 atom stereocenters. The number of benzene rings is 2. The highest BCUT2D eigenvalue weighted by Crippen LogP contribution is 2.43. The monoisotopic (exact) mass is 584 g/mol. The van der Waals surface area contributed by atoms with Gasteiger partial charge in [0.25, 0.3) is 0 Å². The van der Waals surface area contributed by atoms with Gasteiger partial charge in [0.1, 0.15) is 29.4 Å². The molecule has 4 aliphatic rings. The lowest BCUT2D eigenvalue weighted by Crippen LogP contribution is -2.51. The summed E-state index contributed by atoms with van der Waals surface area (Å²) >= 11 is 0. The van der Waals surface area contributed by atoms with E-state index in [1.54, 1.807) is 31.5 Å². The average Bonchev–Trinajstić information content (AvgIpc) is 3.69. The molecular formula is C33H37FN6O3. The topological polar surface area (TPSA) is 95.9 Å². The Balaban J connectivity index is 1.21. The van der Waals surface area contributed by atoms with Gasteiger partial charge < -0.3 is 24.8 Å². The number of nitrogens with one attached hydrogen (secondary N) is 1. The second-order valence-electron chi connectivity index (χ2n) is 12.7. The largest absolute Gasteiger partial charge is 0.508 e. The van der Waals surface area contributed by atoms with Crippen LogP contribution in [0.5, 0.6) is 11.8 Å². The summed E-state index contributed by atoms with van der Waals surface area (Å²) in [7, 11) is 1.76. The quantitative estimate of drug-likeness (QED) is 0.322. The van der Waals surface area contributed by atoms with Gasteiger partial charge in [0.2, 0.25) is 0 Å². The zero-order chi connectivity index (χ0) is 29.1. The van der Waals surface area contributed by atoms with Gasteiger partial charge in [-0.3, -0.25) is 9.88 Å². The first-order valence-electron chi connectivity index (χ1n) is 15.5. The van der Waals surface area contributed by atoms with E-state index < -0.39 is 5.82 Å². The number of aromatic hydroxyl groups is 1. The Morgan fingerprint density at radius 3 is 2.77 bits per heavy atom. The van der Waals surface area contributed by atoms with E-state index in [1.807, 2.05) is 18.2 Å². The maximum atomic E-state index is 16.6. The summed E-state index contributed by atoms with van der Waals surface area (Å²) in [6.45, 7) is 3.83. The third-order valence-corrected chi connectivity index (χ3v) is 10.1. The number of hydrogen-bond donors (Lipinski definition) is 2. The number of ether oxygens (including phenoxy) is 2. The molecule has 0 radical (unpaired) electrons. The van der Waals surface area contributed by atoms with Crippen molar-refractivity contribution in [2.24, 2.45) is 0 Å².